The summed E-state index contributed by atoms with van der Waals surface area (Å²) in [5.41, 5.74) is 2.30. The van der Waals surface area contributed by atoms with Gasteiger partial charge in [-0.15, -0.1) is 0 Å². The number of nitrogens with zero attached hydrogens (tertiary/aromatic N) is 2. The van der Waals surface area contributed by atoms with Crippen LogP contribution in [-0.2, 0) is 0 Å². The summed E-state index contributed by atoms with van der Waals surface area (Å²) in [5.74, 6) is -0.174. The molecule has 6 heteroatoms. The van der Waals surface area contributed by atoms with Gasteiger partial charge in [-0.05, 0) is 49.0 Å². The summed E-state index contributed by atoms with van der Waals surface area (Å²) in [6.07, 6.45) is 0. The first kappa shape index (κ1) is 18.1. The molecule has 3 rings (SSSR count). The average molecular weight is 378 g/mol. The van der Waals surface area contributed by atoms with E-state index in [9.17, 15) is 4.79 Å². The zero-order chi connectivity index (χ0) is 17.8. The van der Waals surface area contributed by atoms with Crippen LogP contribution in [0.3, 0.4) is 0 Å². The van der Waals surface area contributed by atoms with E-state index in [2.05, 4.69) is 22.0 Å². The van der Waals surface area contributed by atoms with Crippen LogP contribution in [0.25, 0.3) is 0 Å². The fourth-order valence-corrected chi connectivity index (χ4v) is 3.28. The smallest absolute Gasteiger partial charge is 0.255 e. The molecule has 2 aromatic carbocycles. The minimum Gasteiger partial charge on any atom is -0.367 e. The first-order valence-electron chi connectivity index (χ1n) is 8.40. The Balaban J connectivity index is 1.79. The van der Waals surface area contributed by atoms with Crippen molar-refractivity contribution >= 4 is 40.5 Å². The third-order valence-corrected chi connectivity index (χ3v) is 4.96. The summed E-state index contributed by atoms with van der Waals surface area (Å²) < 4.78 is 0. The molecule has 0 aliphatic carbocycles. The summed E-state index contributed by atoms with van der Waals surface area (Å²) in [5, 5.41) is 4.19. The van der Waals surface area contributed by atoms with Gasteiger partial charge in [-0.1, -0.05) is 30.1 Å². The molecule has 0 bridgehead atoms. The molecule has 1 fully saturated rings. The van der Waals surface area contributed by atoms with E-state index in [-0.39, 0.29) is 5.91 Å². The molecule has 1 heterocycles. The van der Waals surface area contributed by atoms with Gasteiger partial charge in [0.1, 0.15) is 0 Å². The third-order valence-electron chi connectivity index (χ3n) is 4.47. The van der Waals surface area contributed by atoms with E-state index in [0.717, 1.165) is 44.1 Å². The predicted molar refractivity (Wildman–Crippen MR) is 105 cm³/mol. The average Bonchev–Trinajstić information content (AvgIpc) is 2.62. The highest BCUT2D eigenvalue weighted by Crippen LogP contribution is 2.30. The number of hydrogen-bond donors (Lipinski definition) is 1. The van der Waals surface area contributed by atoms with Crippen LogP contribution in [0.5, 0.6) is 0 Å². The second-order valence-electron chi connectivity index (χ2n) is 6.04. The summed E-state index contributed by atoms with van der Waals surface area (Å²) in [4.78, 5) is 17.3. The second-order valence-corrected chi connectivity index (χ2v) is 6.92. The SMILES string of the molecule is CCN1CCN(c2ccc(Cl)cc2NC(=O)c2ccc(Cl)cc2)CC1. The summed E-state index contributed by atoms with van der Waals surface area (Å²) in [7, 11) is 0. The fraction of sp³-hybridized carbons (Fsp3) is 0.316. The molecule has 0 spiro atoms. The van der Waals surface area contributed by atoms with Crippen LogP contribution in [0.4, 0.5) is 11.4 Å². The number of halogens is 2. The van der Waals surface area contributed by atoms with Crippen molar-refractivity contribution in [3.63, 3.8) is 0 Å². The molecule has 1 N–H and O–H groups in total. The number of nitrogens with one attached hydrogen (secondary N) is 1. The van der Waals surface area contributed by atoms with Crippen LogP contribution in [0.1, 0.15) is 17.3 Å². The highest BCUT2D eigenvalue weighted by atomic mass is 35.5. The number of rotatable bonds is 4. The van der Waals surface area contributed by atoms with Gasteiger partial charge < -0.3 is 15.1 Å². The molecular weight excluding hydrogens is 357 g/mol. The molecule has 1 aliphatic rings. The molecule has 1 amide bonds. The third kappa shape index (κ3) is 4.46. The van der Waals surface area contributed by atoms with Crippen LogP contribution in [0.15, 0.2) is 42.5 Å². The van der Waals surface area contributed by atoms with Crippen molar-refractivity contribution < 1.29 is 4.79 Å². The van der Waals surface area contributed by atoms with Gasteiger partial charge in [0.15, 0.2) is 0 Å². The Hall–Kier alpha value is -1.75. The van der Waals surface area contributed by atoms with Crippen LogP contribution < -0.4 is 10.2 Å². The van der Waals surface area contributed by atoms with Gasteiger partial charge in [0.2, 0.25) is 0 Å². The van der Waals surface area contributed by atoms with Crippen molar-refractivity contribution in [2.45, 2.75) is 6.92 Å². The maximum absolute atomic E-state index is 12.5. The van der Waals surface area contributed by atoms with Crippen LogP contribution in [-0.4, -0.2) is 43.5 Å². The van der Waals surface area contributed by atoms with Gasteiger partial charge in [0.25, 0.3) is 5.91 Å². The van der Waals surface area contributed by atoms with E-state index in [1.807, 2.05) is 12.1 Å². The molecule has 1 aliphatic heterocycles. The Labute approximate surface area is 158 Å². The topological polar surface area (TPSA) is 35.6 Å². The molecule has 0 aromatic heterocycles. The van der Waals surface area contributed by atoms with E-state index in [1.54, 1.807) is 30.3 Å². The Bertz CT molecular complexity index is 741. The van der Waals surface area contributed by atoms with Gasteiger partial charge in [0.05, 0.1) is 11.4 Å². The highest BCUT2D eigenvalue weighted by Gasteiger charge is 2.19. The maximum atomic E-state index is 12.5. The number of likely N-dealkylation sites (N-methyl/N-ethyl adjacent to an activating group) is 1. The predicted octanol–water partition coefficient (Wildman–Crippen LogP) is 4.39. The lowest BCUT2D eigenvalue weighted by Gasteiger charge is -2.36. The van der Waals surface area contributed by atoms with Crippen molar-refractivity contribution in [1.29, 1.82) is 0 Å². The lowest BCUT2D eigenvalue weighted by atomic mass is 10.1. The minimum atomic E-state index is -0.174. The number of amides is 1. The number of benzene rings is 2. The van der Waals surface area contributed by atoms with Crippen molar-refractivity contribution in [3.8, 4) is 0 Å². The maximum Gasteiger partial charge on any atom is 0.255 e. The molecule has 4 nitrogen and oxygen atoms in total. The molecule has 132 valence electrons. The number of piperazine rings is 1. The lowest BCUT2D eigenvalue weighted by molar-refractivity contribution is 0.102. The largest absolute Gasteiger partial charge is 0.367 e. The van der Waals surface area contributed by atoms with Crippen LogP contribution in [0.2, 0.25) is 10.0 Å². The molecule has 1 saturated heterocycles. The summed E-state index contributed by atoms with van der Waals surface area (Å²) >= 11 is 12.0. The monoisotopic (exact) mass is 377 g/mol. The number of anilines is 2. The van der Waals surface area contributed by atoms with Gasteiger partial charge in [0, 0.05) is 41.8 Å². The van der Waals surface area contributed by atoms with Crippen molar-refractivity contribution in [2.75, 3.05) is 42.9 Å². The Morgan fingerprint density at radius 1 is 1.00 bits per heavy atom. The molecule has 0 atom stereocenters. The van der Waals surface area contributed by atoms with E-state index in [0.29, 0.717) is 15.6 Å². The highest BCUT2D eigenvalue weighted by molar-refractivity contribution is 6.31. The van der Waals surface area contributed by atoms with E-state index >= 15 is 0 Å². The first-order valence-corrected chi connectivity index (χ1v) is 9.16. The Morgan fingerprint density at radius 3 is 2.28 bits per heavy atom. The van der Waals surface area contributed by atoms with Gasteiger partial charge in [-0.3, -0.25) is 4.79 Å². The van der Waals surface area contributed by atoms with Crippen molar-refractivity contribution in [2.24, 2.45) is 0 Å². The van der Waals surface area contributed by atoms with Gasteiger partial charge in [-0.25, -0.2) is 0 Å². The molecule has 0 radical (unpaired) electrons. The van der Waals surface area contributed by atoms with Crippen molar-refractivity contribution in [1.82, 2.24) is 4.90 Å². The molecule has 0 saturated carbocycles. The lowest BCUT2D eigenvalue weighted by Crippen LogP contribution is -2.46. The molecule has 25 heavy (non-hydrogen) atoms. The summed E-state index contributed by atoms with van der Waals surface area (Å²) in [6, 6.07) is 12.5. The normalized spacial score (nSPS) is 15.2. The first-order chi connectivity index (χ1) is 12.1. The van der Waals surface area contributed by atoms with Gasteiger partial charge >= 0.3 is 0 Å². The van der Waals surface area contributed by atoms with E-state index < -0.39 is 0 Å². The zero-order valence-corrected chi connectivity index (χ0v) is 15.6. The number of hydrogen-bond acceptors (Lipinski definition) is 3. The Kier molecular flexibility index (Phi) is 5.84. The number of carbonyl (C=O) groups excluding carboxylic acids is 1. The second kappa shape index (κ2) is 8.09. The fourth-order valence-electron chi connectivity index (χ4n) is 2.98. The molecule has 2 aromatic rings. The molecule has 0 unspecified atom stereocenters. The standard InChI is InChI=1S/C19H21Cl2N3O/c1-2-23-9-11-24(12-10-23)18-8-7-16(21)13-17(18)22-19(25)14-3-5-15(20)6-4-14/h3-8,13H,2,9-12H2,1H3,(H,22,25). The van der Waals surface area contributed by atoms with Crippen molar-refractivity contribution in [3.05, 3.63) is 58.1 Å². The Morgan fingerprint density at radius 2 is 1.64 bits per heavy atom. The quantitative estimate of drug-likeness (QED) is 0.857. The van der Waals surface area contributed by atoms with Crippen LogP contribution >= 0.6 is 23.2 Å². The van der Waals surface area contributed by atoms with Gasteiger partial charge in [-0.2, -0.15) is 0 Å². The molecular formula is C19H21Cl2N3O. The van der Waals surface area contributed by atoms with E-state index in [4.69, 9.17) is 23.2 Å². The number of carbonyl (C=O) groups is 1. The summed E-state index contributed by atoms with van der Waals surface area (Å²) in [6.45, 7) is 7.14. The van der Waals surface area contributed by atoms with Crippen LogP contribution in [0, 0.1) is 0 Å². The van der Waals surface area contributed by atoms with E-state index in [1.165, 1.54) is 0 Å². The minimum absolute atomic E-state index is 0.174. The zero-order valence-electron chi connectivity index (χ0n) is 14.1.